The second kappa shape index (κ2) is 8.81. The van der Waals surface area contributed by atoms with Crippen LogP contribution in [-0.2, 0) is 4.79 Å². The molecule has 5 heteroatoms. The lowest BCUT2D eigenvalue weighted by Crippen LogP contribution is -2.47. The van der Waals surface area contributed by atoms with Crippen LogP contribution in [0, 0.1) is 5.92 Å². The fraction of sp³-hybridized carbons (Fsp3) is 0.765. The largest absolute Gasteiger partial charge is 0.356 e. The number of rotatable bonds is 6. The Kier molecular flexibility index (Phi) is 6.74. The van der Waals surface area contributed by atoms with E-state index in [2.05, 4.69) is 33.1 Å². The Balaban J connectivity index is 1.74. The van der Waals surface area contributed by atoms with Crippen molar-refractivity contribution in [1.82, 2.24) is 16.0 Å². The van der Waals surface area contributed by atoms with E-state index in [-0.39, 0.29) is 11.8 Å². The highest BCUT2D eigenvalue weighted by atomic mass is 16.2. The molecular weight excluding hydrogens is 276 g/mol. The number of carbonyl (C=O) groups is 1. The normalized spacial score (nSPS) is 26.0. The van der Waals surface area contributed by atoms with Crippen molar-refractivity contribution in [3.63, 3.8) is 0 Å². The third kappa shape index (κ3) is 5.70. The van der Waals surface area contributed by atoms with Gasteiger partial charge in [0.25, 0.3) is 0 Å². The van der Waals surface area contributed by atoms with Crippen molar-refractivity contribution in [2.24, 2.45) is 10.9 Å². The number of nitrogens with one attached hydrogen (secondary N) is 3. The topological polar surface area (TPSA) is 65.5 Å². The van der Waals surface area contributed by atoms with Crippen LogP contribution in [0.5, 0.6) is 0 Å². The van der Waals surface area contributed by atoms with Crippen molar-refractivity contribution in [3.05, 3.63) is 12.2 Å². The molecule has 2 atom stereocenters. The van der Waals surface area contributed by atoms with Gasteiger partial charge in [-0.15, -0.1) is 0 Å². The van der Waals surface area contributed by atoms with Crippen LogP contribution in [0.1, 0.15) is 51.9 Å². The molecule has 0 saturated heterocycles. The number of carbonyl (C=O) groups excluding carboxylic acids is 1. The lowest BCUT2D eigenvalue weighted by molar-refractivity contribution is -0.126. The summed E-state index contributed by atoms with van der Waals surface area (Å²) in [7, 11) is 1.80. The Morgan fingerprint density at radius 2 is 2.00 bits per heavy atom. The van der Waals surface area contributed by atoms with Crippen LogP contribution in [0.15, 0.2) is 17.1 Å². The van der Waals surface area contributed by atoms with Gasteiger partial charge < -0.3 is 16.0 Å². The molecule has 0 aromatic rings. The molecule has 2 aliphatic carbocycles. The van der Waals surface area contributed by atoms with Gasteiger partial charge in [0, 0.05) is 31.6 Å². The molecule has 0 bridgehead atoms. The molecule has 0 heterocycles. The fourth-order valence-electron chi connectivity index (χ4n) is 2.93. The summed E-state index contributed by atoms with van der Waals surface area (Å²) >= 11 is 0. The van der Waals surface area contributed by atoms with Gasteiger partial charge in [-0.2, -0.15) is 0 Å². The Labute approximate surface area is 134 Å². The SMILES string of the molecule is C/C=C/CCNC(=NC)NC1CCCC(C(=O)NC2CC2)C1. The standard InChI is InChI=1S/C17H30N4O/c1-3-4-5-11-19-17(18-2)21-15-8-6-7-13(12-15)16(22)20-14-9-10-14/h3-4,13-15H,5-12H2,1-2H3,(H,20,22)(H2,18,19,21)/b4-3+. The van der Waals surface area contributed by atoms with Gasteiger partial charge in [0.2, 0.25) is 5.91 Å². The molecule has 2 unspecified atom stereocenters. The highest BCUT2D eigenvalue weighted by molar-refractivity contribution is 5.81. The maximum atomic E-state index is 12.2. The molecule has 2 fully saturated rings. The number of amides is 1. The Hall–Kier alpha value is -1.52. The van der Waals surface area contributed by atoms with E-state index in [0.29, 0.717) is 12.1 Å². The van der Waals surface area contributed by atoms with Crippen LogP contribution in [0.2, 0.25) is 0 Å². The molecule has 0 aromatic carbocycles. The van der Waals surface area contributed by atoms with Crippen molar-refractivity contribution >= 4 is 11.9 Å². The summed E-state index contributed by atoms with van der Waals surface area (Å²) in [5.74, 6) is 1.26. The van der Waals surface area contributed by atoms with Crippen molar-refractivity contribution in [2.45, 2.75) is 64.0 Å². The van der Waals surface area contributed by atoms with Crippen LogP contribution >= 0.6 is 0 Å². The maximum Gasteiger partial charge on any atom is 0.223 e. The minimum absolute atomic E-state index is 0.160. The van der Waals surface area contributed by atoms with E-state index in [1.54, 1.807) is 7.05 Å². The molecule has 0 radical (unpaired) electrons. The summed E-state index contributed by atoms with van der Waals surface area (Å²) in [5, 5.41) is 9.94. The number of hydrogen-bond donors (Lipinski definition) is 3. The van der Waals surface area contributed by atoms with Gasteiger partial charge in [0.15, 0.2) is 5.96 Å². The second-order valence-electron chi connectivity index (χ2n) is 6.34. The molecule has 0 aromatic heterocycles. The lowest BCUT2D eigenvalue weighted by Gasteiger charge is -2.30. The third-order valence-corrected chi connectivity index (χ3v) is 4.37. The average Bonchev–Trinajstić information content (AvgIpc) is 3.34. The summed E-state index contributed by atoms with van der Waals surface area (Å²) < 4.78 is 0. The van der Waals surface area contributed by atoms with Crippen LogP contribution < -0.4 is 16.0 Å². The van der Waals surface area contributed by atoms with E-state index >= 15 is 0 Å². The fourth-order valence-corrected chi connectivity index (χ4v) is 2.93. The van der Waals surface area contributed by atoms with Gasteiger partial charge in [0.1, 0.15) is 0 Å². The van der Waals surface area contributed by atoms with E-state index in [4.69, 9.17) is 0 Å². The van der Waals surface area contributed by atoms with Gasteiger partial charge in [0.05, 0.1) is 0 Å². The van der Waals surface area contributed by atoms with Gasteiger partial charge in [-0.1, -0.05) is 18.6 Å². The molecule has 5 nitrogen and oxygen atoms in total. The van der Waals surface area contributed by atoms with Crippen molar-refractivity contribution in [1.29, 1.82) is 0 Å². The van der Waals surface area contributed by atoms with Crippen LogP contribution in [0.3, 0.4) is 0 Å². The quantitative estimate of drug-likeness (QED) is 0.304. The zero-order valence-corrected chi connectivity index (χ0v) is 13.9. The van der Waals surface area contributed by atoms with E-state index in [0.717, 1.165) is 57.5 Å². The highest BCUT2D eigenvalue weighted by Crippen LogP contribution is 2.26. The first-order valence-electron chi connectivity index (χ1n) is 8.61. The molecular formula is C17H30N4O. The third-order valence-electron chi connectivity index (χ3n) is 4.37. The summed E-state index contributed by atoms with van der Waals surface area (Å²) in [5.41, 5.74) is 0. The second-order valence-corrected chi connectivity index (χ2v) is 6.34. The molecule has 124 valence electrons. The summed E-state index contributed by atoms with van der Waals surface area (Å²) in [6.45, 7) is 2.91. The van der Waals surface area contributed by atoms with Crippen molar-refractivity contribution in [2.75, 3.05) is 13.6 Å². The highest BCUT2D eigenvalue weighted by Gasteiger charge is 2.31. The zero-order chi connectivity index (χ0) is 15.8. The zero-order valence-electron chi connectivity index (χ0n) is 13.9. The maximum absolute atomic E-state index is 12.2. The molecule has 3 N–H and O–H groups in total. The molecule has 2 rings (SSSR count). The lowest BCUT2D eigenvalue weighted by atomic mass is 9.85. The number of hydrogen-bond acceptors (Lipinski definition) is 2. The molecule has 2 saturated carbocycles. The summed E-state index contributed by atoms with van der Waals surface area (Å²) in [6.07, 6.45) is 11.7. The molecule has 22 heavy (non-hydrogen) atoms. The Bertz CT molecular complexity index is 415. The molecule has 0 spiro atoms. The van der Waals surface area contributed by atoms with Gasteiger partial charge in [-0.25, -0.2) is 0 Å². The summed E-state index contributed by atoms with van der Waals surface area (Å²) in [6, 6.07) is 0.804. The van der Waals surface area contributed by atoms with Crippen molar-refractivity contribution < 1.29 is 4.79 Å². The van der Waals surface area contributed by atoms with Crippen LogP contribution in [-0.4, -0.2) is 37.5 Å². The average molecular weight is 306 g/mol. The predicted octanol–water partition coefficient (Wildman–Crippen LogP) is 1.95. The number of guanidine groups is 1. The van der Waals surface area contributed by atoms with Gasteiger partial charge in [-0.3, -0.25) is 9.79 Å². The van der Waals surface area contributed by atoms with E-state index in [1.165, 1.54) is 0 Å². The first-order valence-corrected chi connectivity index (χ1v) is 8.61. The van der Waals surface area contributed by atoms with E-state index in [1.807, 2.05) is 6.92 Å². The number of nitrogens with zero attached hydrogens (tertiary/aromatic N) is 1. The molecule has 1 amide bonds. The van der Waals surface area contributed by atoms with Crippen LogP contribution in [0.25, 0.3) is 0 Å². The van der Waals surface area contributed by atoms with Crippen molar-refractivity contribution in [3.8, 4) is 0 Å². The monoisotopic (exact) mass is 306 g/mol. The minimum atomic E-state index is 0.160. The number of allylic oxidation sites excluding steroid dienone is 1. The smallest absolute Gasteiger partial charge is 0.223 e. The molecule has 0 aliphatic heterocycles. The summed E-state index contributed by atoms with van der Waals surface area (Å²) in [4.78, 5) is 16.5. The minimum Gasteiger partial charge on any atom is -0.356 e. The van der Waals surface area contributed by atoms with E-state index < -0.39 is 0 Å². The predicted molar refractivity (Wildman–Crippen MR) is 90.8 cm³/mol. The Morgan fingerprint density at radius 1 is 1.18 bits per heavy atom. The van der Waals surface area contributed by atoms with E-state index in [9.17, 15) is 4.79 Å². The van der Waals surface area contributed by atoms with Gasteiger partial charge in [-0.05, 0) is 45.4 Å². The Morgan fingerprint density at radius 3 is 2.68 bits per heavy atom. The van der Waals surface area contributed by atoms with Gasteiger partial charge >= 0.3 is 0 Å². The first-order chi connectivity index (χ1) is 10.7. The van der Waals surface area contributed by atoms with Crippen LogP contribution in [0.4, 0.5) is 0 Å². The molecule has 2 aliphatic rings. The number of aliphatic imine (C=N–C) groups is 1. The first kappa shape index (κ1) is 16.8.